The fraction of sp³-hybridized carbons (Fsp3) is 0.733. The van der Waals surface area contributed by atoms with Gasteiger partial charge in [-0.05, 0) is 39.2 Å². The van der Waals surface area contributed by atoms with Crippen molar-refractivity contribution < 1.29 is 49.5 Å². The number of hydrogen-bond acceptors (Lipinski definition) is 5. The molecule has 0 bridgehead atoms. The number of hydrogen-bond donors (Lipinski definition) is 0. The van der Waals surface area contributed by atoms with Crippen molar-refractivity contribution in [2.24, 2.45) is 0 Å². The Balaban J connectivity index is 5.05. The molecule has 0 aliphatic heterocycles. The molecule has 13 heteroatoms. The molecule has 0 aliphatic carbocycles. The minimum atomic E-state index is -5.83. The molecule has 0 aromatic carbocycles. The summed E-state index contributed by atoms with van der Waals surface area (Å²) in [5.41, 5.74) is -0.620. The second-order valence-electron chi connectivity index (χ2n) is 7.39. The number of esters is 2. The molecule has 0 spiro atoms. The first-order valence-corrected chi connectivity index (χ1v) is 14.6. The van der Waals surface area contributed by atoms with E-state index in [1.807, 2.05) is 32.7 Å². The molecule has 0 aromatic rings. The minimum Gasteiger partial charge on any atom is -0.460 e. The van der Waals surface area contributed by atoms with Gasteiger partial charge < -0.3 is 13.6 Å². The number of alkyl halides is 6. The fourth-order valence-electron chi connectivity index (χ4n) is 2.36. The zero-order chi connectivity index (χ0) is 22.6. The standard InChI is InChI=1S/C15H24F6O5Si2/c1-7-12(28(5,6)26-27(2,3)4)24-10(22)8-9-11(23)25-13(14(16,17)18)15(19,20)21/h8-9,12-13H,7H2,1-6H3. The van der Waals surface area contributed by atoms with E-state index in [0.29, 0.717) is 12.5 Å². The lowest BCUT2D eigenvalue weighted by molar-refractivity contribution is -0.312. The maximum absolute atomic E-state index is 12.3. The maximum atomic E-state index is 12.3. The van der Waals surface area contributed by atoms with Crippen molar-refractivity contribution in [3.05, 3.63) is 12.2 Å². The van der Waals surface area contributed by atoms with Crippen LogP contribution in [0.1, 0.15) is 13.3 Å². The highest BCUT2D eigenvalue weighted by atomic mass is 28.4. The van der Waals surface area contributed by atoms with E-state index in [9.17, 15) is 35.9 Å². The van der Waals surface area contributed by atoms with E-state index in [1.165, 1.54) is 0 Å². The van der Waals surface area contributed by atoms with Gasteiger partial charge in [0.2, 0.25) is 8.32 Å². The Kier molecular flexibility index (Phi) is 8.98. The summed E-state index contributed by atoms with van der Waals surface area (Å²) in [6.45, 7) is 11.2. The van der Waals surface area contributed by atoms with Crippen molar-refractivity contribution in [3.63, 3.8) is 0 Å². The quantitative estimate of drug-likeness (QED) is 0.234. The van der Waals surface area contributed by atoms with Crippen LogP contribution in [-0.4, -0.2) is 52.8 Å². The molecular formula is C15H24F6O5Si2. The summed E-state index contributed by atoms with van der Waals surface area (Å²) in [7, 11) is -4.44. The topological polar surface area (TPSA) is 61.8 Å². The highest BCUT2D eigenvalue weighted by Gasteiger charge is 2.59. The number of rotatable bonds is 8. The molecule has 164 valence electrons. The van der Waals surface area contributed by atoms with Gasteiger partial charge in [0.25, 0.3) is 6.10 Å². The highest BCUT2D eigenvalue weighted by Crippen LogP contribution is 2.35. The smallest absolute Gasteiger partial charge is 0.434 e. The van der Waals surface area contributed by atoms with E-state index >= 15 is 0 Å². The van der Waals surface area contributed by atoms with Crippen LogP contribution < -0.4 is 0 Å². The summed E-state index contributed by atoms with van der Waals surface area (Å²) >= 11 is 0. The first kappa shape index (κ1) is 26.7. The molecule has 0 saturated carbocycles. The van der Waals surface area contributed by atoms with Crippen LogP contribution in [0.5, 0.6) is 0 Å². The second kappa shape index (κ2) is 9.43. The number of ether oxygens (including phenoxy) is 2. The van der Waals surface area contributed by atoms with E-state index in [4.69, 9.17) is 8.85 Å². The van der Waals surface area contributed by atoms with Crippen LogP contribution in [0.15, 0.2) is 12.2 Å². The zero-order valence-electron chi connectivity index (χ0n) is 16.3. The van der Waals surface area contributed by atoms with Crippen LogP contribution in [0.25, 0.3) is 0 Å². The lowest BCUT2D eigenvalue weighted by atomic mass is 10.3. The Morgan fingerprint density at radius 2 is 1.25 bits per heavy atom. The third-order valence-corrected chi connectivity index (χ3v) is 9.79. The van der Waals surface area contributed by atoms with E-state index in [1.54, 1.807) is 6.92 Å². The normalized spacial score (nSPS) is 15.0. The SMILES string of the molecule is CCC(OC(=O)C=CC(=O)OC(C(F)(F)F)C(F)(F)F)[Si](C)(C)O[Si](C)(C)C. The summed E-state index contributed by atoms with van der Waals surface area (Å²) in [6, 6.07) is 0. The molecule has 0 rings (SSSR count). The largest absolute Gasteiger partial charge is 0.460 e. The molecule has 28 heavy (non-hydrogen) atoms. The van der Waals surface area contributed by atoms with E-state index in [2.05, 4.69) is 4.74 Å². The van der Waals surface area contributed by atoms with Crippen LogP contribution in [0.4, 0.5) is 26.3 Å². The van der Waals surface area contributed by atoms with Gasteiger partial charge >= 0.3 is 24.3 Å². The van der Waals surface area contributed by atoms with E-state index in [0.717, 1.165) is 0 Å². The molecule has 0 saturated heterocycles. The lowest BCUT2D eigenvalue weighted by Crippen LogP contribution is -2.52. The average molecular weight is 455 g/mol. The van der Waals surface area contributed by atoms with Gasteiger partial charge in [-0.25, -0.2) is 9.59 Å². The molecule has 1 atom stereocenters. The summed E-state index contributed by atoms with van der Waals surface area (Å²) in [5, 5.41) is 0. The Hall–Kier alpha value is -1.35. The molecule has 0 radical (unpaired) electrons. The van der Waals surface area contributed by atoms with Gasteiger partial charge in [0.1, 0.15) is 5.73 Å². The summed E-state index contributed by atoms with van der Waals surface area (Å²) in [4.78, 5) is 23.1. The Morgan fingerprint density at radius 3 is 1.57 bits per heavy atom. The molecule has 0 heterocycles. The number of halogens is 6. The van der Waals surface area contributed by atoms with Gasteiger partial charge in [-0.1, -0.05) is 6.92 Å². The van der Waals surface area contributed by atoms with Crippen molar-refractivity contribution in [1.82, 2.24) is 0 Å². The van der Waals surface area contributed by atoms with Crippen LogP contribution >= 0.6 is 0 Å². The van der Waals surface area contributed by atoms with Crippen LogP contribution in [0.3, 0.4) is 0 Å². The monoisotopic (exact) mass is 454 g/mol. The molecule has 0 fully saturated rings. The molecule has 0 aromatic heterocycles. The maximum Gasteiger partial charge on any atom is 0.434 e. The Morgan fingerprint density at radius 1 is 0.857 bits per heavy atom. The predicted octanol–water partition coefficient (Wildman–Crippen LogP) is 4.50. The van der Waals surface area contributed by atoms with Crippen molar-refractivity contribution in [3.8, 4) is 0 Å². The van der Waals surface area contributed by atoms with Gasteiger partial charge in [0.05, 0.1) is 0 Å². The first-order valence-electron chi connectivity index (χ1n) is 8.22. The highest BCUT2D eigenvalue weighted by molar-refractivity contribution is 6.84. The molecule has 0 amide bonds. The second-order valence-corrected chi connectivity index (χ2v) is 16.3. The predicted molar refractivity (Wildman–Crippen MR) is 93.2 cm³/mol. The van der Waals surface area contributed by atoms with Crippen molar-refractivity contribution >= 4 is 28.6 Å². The van der Waals surface area contributed by atoms with E-state index < -0.39 is 52.8 Å². The summed E-state index contributed by atoms with van der Waals surface area (Å²) in [6.07, 6.45) is -15.0. The molecule has 5 nitrogen and oxygen atoms in total. The minimum absolute atomic E-state index is 0.160. The summed E-state index contributed by atoms with van der Waals surface area (Å²) < 4.78 is 88.7. The van der Waals surface area contributed by atoms with Crippen molar-refractivity contribution in [2.75, 3.05) is 0 Å². The van der Waals surface area contributed by atoms with E-state index in [-0.39, 0.29) is 6.08 Å². The first-order chi connectivity index (χ1) is 12.3. The number of carbonyl (C=O) groups excluding carboxylic acids is 2. The molecular weight excluding hydrogens is 430 g/mol. The van der Waals surface area contributed by atoms with Crippen LogP contribution in [-0.2, 0) is 23.2 Å². The lowest BCUT2D eigenvalue weighted by Gasteiger charge is -2.36. The van der Waals surface area contributed by atoms with Crippen LogP contribution in [0, 0.1) is 0 Å². The van der Waals surface area contributed by atoms with Gasteiger partial charge in [0, 0.05) is 12.2 Å². The van der Waals surface area contributed by atoms with Gasteiger partial charge in [-0.2, -0.15) is 26.3 Å². The Bertz CT molecular complexity index is 567. The third kappa shape index (κ3) is 9.73. The summed E-state index contributed by atoms with van der Waals surface area (Å²) in [5.74, 6) is -3.07. The van der Waals surface area contributed by atoms with Gasteiger partial charge in [-0.3, -0.25) is 0 Å². The van der Waals surface area contributed by atoms with Gasteiger partial charge in [0.15, 0.2) is 8.32 Å². The van der Waals surface area contributed by atoms with Gasteiger partial charge in [-0.15, -0.1) is 0 Å². The zero-order valence-corrected chi connectivity index (χ0v) is 18.3. The fourth-order valence-corrected chi connectivity index (χ4v) is 10.6. The Labute approximate surface area is 161 Å². The third-order valence-electron chi connectivity index (χ3n) is 3.16. The average Bonchev–Trinajstić information content (AvgIpc) is 2.43. The van der Waals surface area contributed by atoms with Crippen molar-refractivity contribution in [1.29, 1.82) is 0 Å². The molecule has 0 aliphatic rings. The van der Waals surface area contributed by atoms with Crippen LogP contribution in [0.2, 0.25) is 32.7 Å². The number of carbonyl (C=O) groups is 2. The molecule has 0 N–H and O–H groups in total. The molecule has 1 unspecified atom stereocenters. The van der Waals surface area contributed by atoms with Crippen molar-refractivity contribution in [2.45, 2.75) is 70.3 Å².